The van der Waals surface area contributed by atoms with Crippen molar-refractivity contribution in [2.24, 2.45) is 0 Å². The summed E-state index contributed by atoms with van der Waals surface area (Å²) < 4.78 is 10.7. The van der Waals surface area contributed by atoms with E-state index in [9.17, 15) is 14.4 Å². The molecule has 0 aromatic heterocycles. The summed E-state index contributed by atoms with van der Waals surface area (Å²) in [4.78, 5) is 40.6. The Hall–Kier alpha value is -3.55. The number of hydrogen-bond donors (Lipinski definition) is 1. The van der Waals surface area contributed by atoms with Crippen LogP contribution in [0.2, 0.25) is 0 Å². The van der Waals surface area contributed by atoms with Crippen molar-refractivity contribution >= 4 is 17.8 Å². The topological polar surface area (TPSA) is 88.2 Å². The van der Waals surface area contributed by atoms with Crippen molar-refractivity contribution < 1.29 is 23.9 Å². The van der Waals surface area contributed by atoms with E-state index in [1.807, 2.05) is 36.4 Å². The molecule has 2 aliphatic rings. The summed E-state index contributed by atoms with van der Waals surface area (Å²) in [6.45, 7) is 1.93. The van der Waals surface area contributed by atoms with Crippen LogP contribution >= 0.6 is 0 Å². The number of likely N-dealkylation sites (N-methyl/N-ethyl adjacent to an activating group) is 1. The van der Waals surface area contributed by atoms with Crippen LogP contribution in [-0.2, 0) is 22.6 Å². The van der Waals surface area contributed by atoms with Crippen molar-refractivity contribution in [2.45, 2.75) is 25.4 Å². The quantitative estimate of drug-likeness (QED) is 0.737. The molecule has 30 heavy (non-hydrogen) atoms. The van der Waals surface area contributed by atoms with Gasteiger partial charge in [-0.1, -0.05) is 36.4 Å². The maximum Gasteiger partial charge on any atom is 0.325 e. The molecule has 1 atom stereocenters. The summed E-state index contributed by atoms with van der Waals surface area (Å²) in [7, 11) is 1.65. The fourth-order valence-corrected chi connectivity index (χ4v) is 3.67. The SMILES string of the molecule is CN(Cc1ccccc1)C(=O)CN1C(=O)N[C@](C)(Cc2ccc3c(c2)OCO3)C1=O. The molecule has 4 rings (SSSR count). The largest absolute Gasteiger partial charge is 0.454 e. The summed E-state index contributed by atoms with van der Waals surface area (Å²) in [5, 5.41) is 2.73. The summed E-state index contributed by atoms with van der Waals surface area (Å²) in [5.41, 5.74) is 0.659. The monoisotopic (exact) mass is 409 g/mol. The van der Waals surface area contributed by atoms with Gasteiger partial charge in [0.15, 0.2) is 11.5 Å². The highest BCUT2D eigenvalue weighted by Gasteiger charge is 2.48. The van der Waals surface area contributed by atoms with E-state index in [-0.39, 0.29) is 25.7 Å². The number of ether oxygens (including phenoxy) is 2. The van der Waals surface area contributed by atoms with E-state index in [0.29, 0.717) is 18.0 Å². The van der Waals surface area contributed by atoms with Crippen LogP contribution in [0.15, 0.2) is 48.5 Å². The van der Waals surface area contributed by atoms with Gasteiger partial charge < -0.3 is 19.7 Å². The van der Waals surface area contributed by atoms with Crippen molar-refractivity contribution in [2.75, 3.05) is 20.4 Å². The van der Waals surface area contributed by atoms with E-state index in [1.165, 1.54) is 4.90 Å². The van der Waals surface area contributed by atoms with Crippen LogP contribution in [0.25, 0.3) is 0 Å². The summed E-state index contributed by atoms with van der Waals surface area (Å²) in [6, 6.07) is 14.4. The number of carbonyl (C=O) groups excluding carboxylic acids is 3. The van der Waals surface area contributed by atoms with Gasteiger partial charge in [-0.15, -0.1) is 0 Å². The molecular formula is C22H23N3O5. The third kappa shape index (κ3) is 3.80. The van der Waals surface area contributed by atoms with Crippen LogP contribution in [0, 0.1) is 0 Å². The first kappa shape index (κ1) is 19.8. The molecular weight excluding hydrogens is 386 g/mol. The summed E-state index contributed by atoms with van der Waals surface area (Å²) >= 11 is 0. The molecule has 8 heteroatoms. The zero-order chi connectivity index (χ0) is 21.3. The van der Waals surface area contributed by atoms with Crippen molar-refractivity contribution in [3.8, 4) is 11.5 Å². The van der Waals surface area contributed by atoms with Gasteiger partial charge in [0.05, 0.1) is 0 Å². The van der Waals surface area contributed by atoms with Gasteiger partial charge >= 0.3 is 6.03 Å². The second kappa shape index (κ2) is 7.70. The maximum atomic E-state index is 13.0. The average molecular weight is 409 g/mol. The molecule has 156 valence electrons. The standard InChI is InChI=1S/C22H23N3O5/c1-22(11-16-8-9-17-18(10-16)30-14-29-17)20(27)25(21(28)23-22)13-19(26)24(2)12-15-6-4-3-5-7-15/h3-10H,11-14H2,1-2H3,(H,23,28)/t22-/m1/s1. The third-order valence-corrected chi connectivity index (χ3v) is 5.32. The molecule has 0 saturated carbocycles. The van der Waals surface area contributed by atoms with Crippen LogP contribution in [0.3, 0.4) is 0 Å². The Morgan fingerprint density at radius 3 is 2.60 bits per heavy atom. The van der Waals surface area contributed by atoms with Gasteiger partial charge in [-0.2, -0.15) is 0 Å². The normalized spacial score (nSPS) is 19.7. The fourth-order valence-electron chi connectivity index (χ4n) is 3.67. The van der Waals surface area contributed by atoms with Gasteiger partial charge in [0.1, 0.15) is 12.1 Å². The Kier molecular flexibility index (Phi) is 5.07. The number of hydrogen-bond acceptors (Lipinski definition) is 5. The maximum absolute atomic E-state index is 13.0. The summed E-state index contributed by atoms with van der Waals surface area (Å²) in [6.07, 6.45) is 0.277. The molecule has 1 N–H and O–H groups in total. The van der Waals surface area contributed by atoms with Crippen LogP contribution < -0.4 is 14.8 Å². The Balaban J connectivity index is 1.42. The molecule has 2 heterocycles. The first-order valence-electron chi connectivity index (χ1n) is 9.66. The van der Waals surface area contributed by atoms with Crippen LogP contribution in [0.4, 0.5) is 4.79 Å². The van der Waals surface area contributed by atoms with Crippen molar-refractivity contribution in [3.63, 3.8) is 0 Å². The highest BCUT2D eigenvalue weighted by atomic mass is 16.7. The smallest absolute Gasteiger partial charge is 0.325 e. The van der Waals surface area contributed by atoms with E-state index in [1.54, 1.807) is 26.1 Å². The lowest BCUT2D eigenvalue weighted by Gasteiger charge is -2.23. The molecule has 2 aromatic carbocycles. The average Bonchev–Trinajstić information content (AvgIpc) is 3.26. The Bertz CT molecular complexity index is 994. The first-order valence-corrected chi connectivity index (χ1v) is 9.66. The Morgan fingerprint density at radius 2 is 1.83 bits per heavy atom. The lowest BCUT2D eigenvalue weighted by Crippen LogP contribution is -2.47. The number of benzene rings is 2. The molecule has 0 bridgehead atoms. The molecule has 4 amide bonds. The molecule has 8 nitrogen and oxygen atoms in total. The highest BCUT2D eigenvalue weighted by molar-refractivity contribution is 6.08. The Labute approximate surface area is 174 Å². The second-order valence-electron chi connectivity index (χ2n) is 7.75. The zero-order valence-corrected chi connectivity index (χ0v) is 16.9. The van der Waals surface area contributed by atoms with Gasteiger partial charge in [0, 0.05) is 20.0 Å². The van der Waals surface area contributed by atoms with E-state index in [0.717, 1.165) is 16.0 Å². The van der Waals surface area contributed by atoms with Gasteiger partial charge in [0.2, 0.25) is 12.7 Å². The molecule has 0 aliphatic carbocycles. The Morgan fingerprint density at radius 1 is 1.10 bits per heavy atom. The molecule has 2 aliphatic heterocycles. The van der Waals surface area contributed by atoms with Gasteiger partial charge in [-0.05, 0) is 30.2 Å². The molecule has 1 saturated heterocycles. The number of nitrogens with zero attached hydrogens (tertiary/aromatic N) is 2. The van der Waals surface area contributed by atoms with Crippen molar-refractivity contribution in [1.82, 2.24) is 15.1 Å². The van der Waals surface area contributed by atoms with Crippen LogP contribution in [-0.4, -0.2) is 53.6 Å². The van der Waals surface area contributed by atoms with Crippen LogP contribution in [0.1, 0.15) is 18.1 Å². The van der Waals surface area contributed by atoms with Gasteiger partial charge in [0.25, 0.3) is 5.91 Å². The molecule has 0 unspecified atom stereocenters. The second-order valence-corrected chi connectivity index (χ2v) is 7.75. The number of fused-ring (bicyclic) bond motifs is 1. The predicted octanol–water partition coefficient (Wildman–Crippen LogP) is 1.93. The van der Waals surface area contributed by atoms with E-state index in [4.69, 9.17) is 9.47 Å². The molecule has 0 spiro atoms. The number of amides is 4. The number of imide groups is 1. The number of nitrogens with one attached hydrogen (secondary N) is 1. The predicted molar refractivity (Wildman–Crippen MR) is 108 cm³/mol. The third-order valence-electron chi connectivity index (χ3n) is 5.32. The minimum atomic E-state index is -1.14. The van der Waals surface area contributed by atoms with Crippen molar-refractivity contribution in [3.05, 3.63) is 59.7 Å². The van der Waals surface area contributed by atoms with Gasteiger partial charge in [-0.3, -0.25) is 14.5 Å². The summed E-state index contributed by atoms with van der Waals surface area (Å²) in [5.74, 6) is 0.531. The lowest BCUT2D eigenvalue weighted by atomic mass is 9.92. The number of rotatable bonds is 6. The highest BCUT2D eigenvalue weighted by Crippen LogP contribution is 2.34. The zero-order valence-electron chi connectivity index (χ0n) is 16.9. The van der Waals surface area contributed by atoms with E-state index >= 15 is 0 Å². The van der Waals surface area contributed by atoms with Gasteiger partial charge in [-0.25, -0.2) is 4.79 Å². The molecule has 2 aromatic rings. The first-order chi connectivity index (χ1) is 14.4. The van der Waals surface area contributed by atoms with E-state index < -0.39 is 17.5 Å². The lowest BCUT2D eigenvalue weighted by molar-refractivity contribution is -0.138. The van der Waals surface area contributed by atoms with E-state index in [2.05, 4.69) is 5.32 Å². The number of urea groups is 1. The number of carbonyl (C=O) groups is 3. The minimum Gasteiger partial charge on any atom is -0.454 e. The van der Waals surface area contributed by atoms with Crippen molar-refractivity contribution in [1.29, 1.82) is 0 Å². The molecule has 1 fully saturated rings. The van der Waals surface area contributed by atoms with Crippen LogP contribution in [0.5, 0.6) is 11.5 Å². The molecule has 0 radical (unpaired) electrons. The fraction of sp³-hybridized carbons (Fsp3) is 0.318. The minimum absolute atomic E-state index is 0.165.